The minimum absolute atomic E-state index is 0.135. The van der Waals surface area contributed by atoms with Crippen LogP contribution in [0.15, 0.2) is 17.3 Å². The molecule has 0 bridgehead atoms. The van der Waals surface area contributed by atoms with Gasteiger partial charge in [-0.1, -0.05) is 6.92 Å². The van der Waals surface area contributed by atoms with Crippen molar-refractivity contribution in [2.75, 3.05) is 25.6 Å². The summed E-state index contributed by atoms with van der Waals surface area (Å²) in [5, 5.41) is 19.9. The van der Waals surface area contributed by atoms with E-state index in [0.29, 0.717) is 30.6 Å². The van der Waals surface area contributed by atoms with E-state index in [2.05, 4.69) is 9.98 Å². The Morgan fingerprint density at radius 2 is 2.22 bits per heavy atom. The van der Waals surface area contributed by atoms with Gasteiger partial charge in [-0.15, -0.1) is 11.8 Å². The number of rotatable bonds is 8. The fourth-order valence-electron chi connectivity index (χ4n) is 1.89. The predicted molar refractivity (Wildman–Crippen MR) is 87.5 cm³/mol. The Morgan fingerprint density at radius 3 is 2.87 bits per heavy atom. The second kappa shape index (κ2) is 7.65. The van der Waals surface area contributed by atoms with Gasteiger partial charge in [0.2, 0.25) is 0 Å². The first-order valence-corrected chi connectivity index (χ1v) is 8.31. The van der Waals surface area contributed by atoms with Crippen LogP contribution in [-0.4, -0.2) is 57.3 Å². The molecular weight excluding hydrogens is 320 g/mol. The number of aromatic hydroxyl groups is 1. The van der Waals surface area contributed by atoms with Crippen LogP contribution in [0.5, 0.6) is 11.5 Å². The van der Waals surface area contributed by atoms with Crippen molar-refractivity contribution < 1.29 is 24.5 Å². The molecule has 1 aliphatic rings. The smallest absolute Gasteiger partial charge is 0.332 e. The molecule has 1 aliphatic heterocycles. The van der Waals surface area contributed by atoms with E-state index in [1.165, 1.54) is 24.9 Å². The van der Waals surface area contributed by atoms with Crippen LogP contribution in [0.25, 0.3) is 0 Å². The number of aliphatic imine (C=N–C) groups is 1. The van der Waals surface area contributed by atoms with Gasteiger partial charge < -0.3 is 19.7 Å². The molecule has 23 heavy (non-hydrogen) atoms. The fourth-order valence-corrected chi connectivity index (χ4v) is 3.05. The SMILES string of the molecule is CCCOCCOc1ccnc(C2=N[C@@](C)(C(=O)O)CS2)c1O. The monoisotopic (exact) mass is 340 g/mol. The average Bonchev–Trinajstić information content (AvgIpc) is 2.92. The number of pyridine rings is 1. The molecule has 0 saturated carbocycles. The van der Waals surface area contributed by atoms with Crippen LogP contribution in [-0.2, 0) is 9.53 Å². The minimum atomic E-state index is -1.20. The highest BCUT2D eigenvalue weighted by molar-refractivity contribution is 8.14. The zero-order chi connectivity index (χ0) is 16.9. The number of thioether (sulfide) groups is 1. The standard InChI is InChI=1S/C15H20N2O5S/c1-3-6-21-7-8-22-10-4-5-16-11(12(10)18)13-17-15(2,9-23-13)14(19)20/h4-5,18H,3,6-9H2,1-2H3,(H,19,20)/t15-/m1/s1. The third kappa shape index (κ3) is 4.14. The summed E-state index contributed by atoms with van der Waals surface area (Å²) in [7, 11) is 0. The number of ether oxygens (including phenoxy) is 2. The highest BCUT2D eigenvalue weighted by atomic mass is 32.2. The number of hydrogen-bond donors (Lipinski definition) is 2. The normalized spacial score (nSPS) is 20.3. The molecule has 0 saturated heterocycles. The van der Waals surface area contributed by atoms with E-state index in [-0.39, 0.29) is 17.2 Å². The van der Waals surface area contributed by atoms with E-state index >= 15 is 0 Å². The summed E-state index contributed by atoms with van der Waals surface area (Å²) in [6.45, 7) is 4.96. The Kier molecular flexibility index (Phi) is 5.84. The van der Waals surface area contributed by atoms with Crippen LogP contribution in [0, 0.1) is 0 Å². The molecule has 1 atom stereocenters. The summed E-state index contributed by atoms with van der Waals surface area (Å²) in [6, 6.07) is 1.55. The van der Waals surface area contributed by atoms with Gasteiger partial charge in [-0.25, -0.2) is 9.78 Å². The largest absolute Gasteiger partial charge is 0.503 e. The average molecular weight is 340 g/mol. The van der Waals surface area contributed by atoms with Crippen LogP contribution in [0.4, 0.5) is 0 Å². The van der Waals surface area contributed by atoms with Crippen LogP contribution < -0.4 is 4.74 Å². The summed E-state index contributed by atoms with van der Waals surface area (Å²) in [6.07, 6.45) is 2.43. The van der Waals surface area contributed by atoms with Gasteiger partial charge in [0.25, 0.3) is 0 Å². The lowest BCUT2D eigenvalue weighted by molar-refractivity contribution is -0.141. The molecule has 1 aromatic heterocycles. The van der Waals surface area contributed by atoms with Crippen LogP contribution in [0.1, 0.15) is 26.0 Å². The Hall–Kier alpha value is -1.80. The Labute approximate surface area is 138 Å². The lowest BCUT2D eigenvalue weighted by Gasteiger charge is -2.12. The maximum absolute atomic E-state index is 11.2. The lowest BCUT2D eigenvalue weighted by Crippen LogP contribution is -2.33. The van der Waals surface area contributed by atoms with Crippen molar-refractivity contribution in [1.82, 2.24) is 4.98 Å². The number of carboxylic acid groups (broad SMARTS) is 1. The second-order valence-electron chi connectivity index (χ2n) is 5.25. The molecule has 7 nitrogen and oxygen atoms in total. The van der Waals surface area contributed by atoms with E-state index in [1.54, 1.807) is 6.07 Å². The molecule has 126 valence electrons. The van der Waals surface area contributed by atoms with Gasteiger partial charge in [0.15, 0.2) is 17.0 Å². The zero-order valence-electron chi connectivity index (χ0n) is 13.1. The highest BCUT2D eigenvalue weighted by Gasteiger charge is 2.39. The molecule has 0 aromatic carbocycles. The summed E-state index contributed by atoms with van der Waals surface area (Å²) in [4.78, 5) is 19.5. The number of nitrogens with zero attached hydrogens (tertiary/aromatic N) is 2. The van der Waals surface area contributed by atoms with Gasteiger partial charge >= 0.3 is 5.97 Å². The topological polar surface area (TPSA) is 101 Å². The maximum atomic E-state index is 11.2. The van der Waals surface area contributed by atoms with E-state index < -0.39 is 11.5 Å². The molecule has 0 aliphatic carbocycles. The molecular formula is C15H20N2O5S. The summed E-state index contributed by atoms with van der Waals surface area (Å²) in [5.74, 6) is -0.555. The van der Waals surface area contributed by atoms with Crippen molar-refractivity contribution in [3.8, 4) is 11.5 Å². The molecule has 0 fully saturated rings. The van der Waals surface area contributed by atoms with Crippen molar-refractivity contribution >= 4 is 22.8 Å². The molecule has 2 rings (SSSR count). The van der Waals surface area contributed by atoms with Crippen LogP contribution >= 0.6 is 11.8 Å². The first-order chi connectivity index (χ1) is 11.0. The van der Waals surface area contributed by atoms with Gasteiger partial charge in [0, 0.05) is 24.6 Å². The predicted octanol–water partition coefficient (Wildman–Crippen LogP) is 1.93. The molecule has 0 spiro atoms. The van der Waals surface area contributed by atoms with E-state index in [4.69, 9.17) is 9.47 Å². The number of carbonyl (C=O) groups is 1. The number of aliphatic carboxylic acids is 1. The van der Waals surface area contributed by atoms with E-state index in [9.17, 15) is 15.0 Å². The van der Waals surface area contributed by atoms with Gasteiger partial charge in [-0.2, -0.15) is 0 Å². The Bertz CT molecular complexity index is 608. The summed E-state index contributed by atoms with van der Waals surface area (Å²) >= 11 is 1.25. The van der Waals surface area contributed by atoms with Crippen LogP contribution in [0.3, 0.4) is 0 Å². The number of carboxylic acids is 1. The van der Waals surface area contributed by atoms with Crippen molar-refractivity contribution in [1.29, 1.82) is 0 Å². The van der Waals surface area contributed by atoms with E-state index in [0.717, 1.165) is 6.42 Å². The number of hydrogen-bond acceptors (Lipinski definition) is 7. The molecule has 1 aromatic rings. The molecule has 2 heterocycles. The highest BCUT2D eigenvalue weighted by Crippen LogP contribution is 2.36. The molecule has 0 unspecified atom stereocenters. The lowest BCUT2D eigenvalue weighted by atomic mass is 10.1. The molecule has 0 radical (unpaired) electrons. The van der Waals surface area contributed by atoms with E-state index in [1.807, 2.05) is 6.92 Å². The van der Waals surface area contributed by atoms with Crippen molar-refractivity contribution in [2.24, 2.45) is 4.99 Å². The summed E-state index contributed by atoms with van der Waals surface area (Å²) < 4.78 is 10.8. The Balaban J connectivity index is 2.10. The summed E-state index contributed by atoms with van der Waals surface area (Å²) in [5.41, 5.74) is -0.953. The fraction of sp³-hybridized carbons (Fsp3) is 0.533. The first kappa shape index (κ1) is 17.6. The second-order valence-corrected chi connectivity index (χ2v) is 6.22. The molecule has 8 heteroatoms. The van der Waals surface area contributed by atoms with Gasteiger partial charge in [0.1, 0.15) is 17.3 Å². The quantitative estimate of drug-likeness (QED) is 0.697. The van der Waals surface area contributed by atoms with Crippen LogP contribution in [0.2, 0.25) is 0 Å². The third-order valence-electron chi connectivity index (χ3n) is 3.22. The van der Waals surface area contributed by atoms with Crippen molar-refractivity contribution in [3.63, 3.8) is 0 Å². The molecule has 2 N–H and O–H groups in total. The van der Waals surface area contributed by atoms with Crippen molar-refractivity contribution in [2.45, 2.75) is 25.8 Å². The number of aromatic nitrogens is 1. The van der Waals surface area contributed by atoms with Gasteiger partial charge in [-0.3, -0.25) is 4.99 Å². The maximum Gasteiger partial charge on any atom is 0.332 e. The first-order valence-electron chi connectivity index (χ1n) is 7.33. The van der Waals surface area contributed by atoms with Gasteiger partial charge in [-0.05, 0) is 13.3 Å². The molecule has 0 amide bonds. The van der Waals surface area contributed by atoms with Crippen molar-refractivity contribution in [3.05, 3.63) is 18.0 Å². The minimum Gasteiger partial charge on any atom is -0.503 e. The van der Waals surface area contributed by atoms with Gasteiger partial charge in [0.05, 0.1) is 6.61 Å². The third-order valence-corrected chi connectivity index (χ3v) is 4.49. The Morgan fingerprint density at radius 1 is 1.43 bits per heavy atom. The zero-order valence-corrected chi connectivity index (χ0v) is 13.9.